The Morgan fingerprint density at radius 2 is 1.75 bits per heavy atom. The highest BCUT2D eigenvalue weighted by molar-refractivity contribution is 9.10. The molecule has 1 heterocycles. The number of hydrogen-bond acceptors (Lipinski definition) is 2. The molecule has 3 heteroatoms. The van der Waals surface area contributed by atoms with Crippen molar-refractivity contribution < 1.29 is 0 Å². The Kier molecular flexibility index (Phi) is 10.7. The molecule has 0 bridgehead atoms. The summed E-state index contributed by atoms with van der Waals surface area (Å²) >= 11 is 5.44. The van der Waals surface area contributed by atoms with E-state index in [1.165, 1.54) is 67.1 Å². The van der Waals surface area contributed by atoms with Gasteiger partial charge in [-0.15, -0.1) is 11.3 Å². The van der Waals surface area contributed by atoms with Crippen LogP contribution in [0.1, 0.15) is 82.6 Å². The number of rotatable bonds is 12. The summed E-state index contributed by atoms with van der Waals surface area (Å²) in [6.07, 6.45) is 12.2. The van der Waals surface area contributed by atoms with Crippen LogP contribution in [-0.4, -0.2) is 6.54 Å². The molecule has 0 spiro atoms. The van der Waals surface area contributed by atoms with Gasteiger partial charge in [0.05, 0.1) is 0 Å². The molecule has 116 valence electrons. The van der Waals surface area contributed by atoms with Gasteiger partial charge in [-0.1, -0.05) is 58.8 Å². The molecular formula is C17H30BrNS. The van der Waals surface area contributed by atoms with Crippen LogP contribution in [-0.2, 0) is 0 Å². The second-order valence-electron chi connectivity index (χ2n) is 5.58. The van der Waals surface area contributed by atoms with E-state index in [2.05, 4.69) is 46.5 Å². The summed E-state index contributed by atoms with van der Waals surface area (Å²) in [4.78, 5) is 1.48. The number of hydrogen-bond donors (Lipinski definition) is 1. The van der Waals surface area contributed by atoms with Gasteiger partial charge >= 0.3 is 0 Å². The number of unbranched alkanes of at least 4 members (excludes halogenated alkanes) is 6. The summed E-state index contributed by atoms with van der Waals surface area (Å²) in [5.74, 6) is 0. The summed E-state index contributed by atoms with van der Waals surface area (Å²) in [5, 5.41) is 5.89. The van der Waals surface area contributed by atoms with E-state index in [-0.39, 0.29) is 0 Å². The lowest BCUT2D eigenvalue weighted by Crippen LogP contribution is -2.21. The molecule has 0 amide bonds. The molecule has 1 unspecified atom stereocenters. The van der Waals surface area contributed by atoms with Crippen LogP contribution in [0, 0.1) is 0 Å². The van der Waals surface area contributed by atoms with Gasteiger partial charge in [0.25, 0.3) is 0 Å². The molecule has 0 aromatic carbocycles. The molecule has 0 saturated carbocycles. The van der Waals surface area contributed by atoms with E-state index in [1.807, 2.05) is 11.3 Å². The van der Waals surface area contributed by atoms with E-state index >= 15 is 0 Å². The third-order valence-corrected chi connectivity index (χ3v) is 5.48. The van der Waals surface area contributed by atoms with Crippen molar-refractivity contribution >= 4 is 27.3 Å². The van der Waals surface area contributed by atoms with Gasteiger partial charge < -0.3 is 5.32 Å². The summed E-state index contributed by atoms with van der Waals surface area (Å²) in [5.41, 5.74) is 0. The molecule has 1 aromatic heterocycles. The summed E-state index contributed by atoms with van der Waals surface area (Å²) < 4.78 is 1.22. The lowest BCUT2D eigenvalue weighted by molar-refractivity contribution is 0.471. The first-order valence-corrected chi connectivity index (χ1v) is 9.92. The predicted molar refractivity (Wildman–Crippen MR) is 95.7 cm³/mol. The minimum Gasteiger partial charge on any atom is -0.309 e. The topological polar surface area (TPSA) is 12.0 Å². The zero-order valence-electron chi connectivity index (χ0n) is 13.1. The number of halogens is 1. The maximum atomic E-state index is 3.70. The molecule has 1 nitrogen and oxygen atoms in total. The van der Waals surface area contributed by atoms with Crippen molar-refractivity contribution in [2.24, 2.45) is 0 Å². The molecule has 20 heavy (non-hydrogen) atoms. The highest BCUT2D eigenvalue weighted by Crippen LogP contribution is 2.29. The second-order valence-corrected chi connectivity index (χ2v) is 7.44. The average Bonchev–Trinajstić information content (AvgIpc) is 2.87. The largest absolute Gasteiger partial charge is 0.309 e. The molecular weight excluding hydrogens is 330 g/mol. The molecule has 0 aliphatic heterocycles. The number of nitrogens with one attached hydrogen (secondary N) is 1. The fourth-order valence-electron chi connectivity index (χ4n) is 2.48. The van der Waals surface area contributed by atoms with Gasteiger partial charge in [0.1, 0.15) is 0 Å². The minimum absolute atomic E-state index is 0.557. The SMILES string of the molecule is CCCCCCCCCC(NCCC)c1cc(Br)cs1. The summed E-state index contributed by atoms with van der Waals surface area (Å²) in [6.45, 7) is 5.64. The standard InChI is InChI=1S/C17H30BrNS/c1-3-5-6-7-8-9-10-11-16(19-12-4-2)17-13-15(18)14-20-17/h13-14,16,19H,3-12H2,1-2H3. The predicted octanol–water partition coefficient (Wildman–Crippen LogP) is 6.69. The van der Waals surface area contributed by atoms with Crippen molar-refractivity contribution in [1.82, 2.24) is 5.32 Å². The first kappa shape index (κ1) is 18.2. The Bertz CT molecular complexity index is 337. The van der Waals surface area contributed by atoms with E-state index in [0.717, 1.165) is 6.54 Å². The fraction of sp³-hybridized carbons (Fsp3) is 0.765. The minimum atomic E-state index is 0.557. The van der Waals surface area contributed by atoms with Gasteiger partial charge in [-0.05, 0) is 41.4 Å². The van der Waals surface area contributed by atoms with E-state index in [4.69, 9.17) is 0 Å². The normalized spacial score (nSPS) is 12.8. The first-order valence-electron chi connectivity index (χ1n) is 8.25. The van der Waals surface area contributed by atoms with Gasteiger partial charge in [0.2, 0.25) is 0 Å². The average molecular weight is 360 g/mol. The smallest absolute Gasteiger partial charge is 0.0415 e. The van der Waals surface area contributed by atoms with Crippen LogP contribution in [0.2, 0.25) is 0 Å². The Balaban J connectivity index is 2.23. The highest BCUT2D eigenvalue weighted by atomic mass is 79.9. The Morgan fingerprint density at radius 3 is 2.35 bits per heavy atom. The lowest BCUT2D eigenvalue weighted by Gasteiger charge is -2.17. The zero-order chi connectivity index (χ0) is 14.6. The van der Waals surface area contributed by atoms with Gasteiger partial charge in [0.15, 0.2) is 0 Å². The van der Waals surface area contributed by atoms with Gasteiger partial charge in [-0.25, -0.2) is 0 Å². The Morgan fingerprint density at radius 1 is 1.05 bits per heavy atom. The highest BCUT2D eigenvalue weighted by Gasteiger charge is 2.12. The fourth-order valence-corrected chi connectivity index (χ4v) is 4.04. The summed E-state index contributed by atoms with van der Waals surface area (Å²) in [6, 6.07) is 2.83. The lowest BCUT2D eigenvalue weighted by atomic mass is 10.0. The van der Waals surface area contributed by atoms with Crippen LogP contribution < -0.4 is 5.32 Å². The van der Waals surface area contributed by atoms with Crippen LogP contribution in [0.15, 0.2) is 15.9 Å². The van der Waals surface area contributed by atoms with Crippen molar-refractivity contribution in [3.63, 3.8) is 0 Å². The Hall–Kier alpha value is 0.140. The van der Waals surface area contributed by atoms with Gasteiger partial charge in [-0.3, -0.25) is 0 Å². The van der Waals surface area contributed by atoms with Crippen molar-refractivity contribution in [3.8, 4) is 0 Å². The molecule has 1 aromatic rings. The summed E-state index contributed by atoms with van der Waals surface area (Å²) in [7, 11) is 0. The van der Waals surface area contributed by atoms with Gasteiger partial charge in [0, 0.05) is 20.8 Å². The molecule has 0 saturated heterocycles. The van der Waals surface area contributed by atoms with Crippen molar-refractivity contribution in [2.75, 3.05) is 6.54 Å². The zero-order valence-corrected chi connectivity index (χ0v) is 15.5. The maximum absolute atomic E-state index is 3.70. The van der Waals surface area contributed by atoms with E-state index in [9.17, 15) is 0 Å². The third kappa shape index (κ3) is 7.80. The van der Waals surface area contributed by atoms with Crippen LogP contribution in [0.25, 0.3) is 0 Å². The molecule has 1 atom stereocenters. The van der Waals surface area contributed by atoms with E-state index in [0.29, 0.717) is 6.04 Å². The second kappa shape index (κ2) is 11.8. The van der Waals surface area contributed by atoms with E-state index < -0.39 is 0 Å². The molecule has 0 fully saturated rings. The molecule has 0 aliphatic carbocycles. The molecule has 0 radical (unpaired) electrons. The molecule has 0 aliphatic rings. The Labute approximate surface area is 137 Å². The van der Waals surface area contributed by atoms with Crippen LogP contribution in [0.3, 0.4) is 0 Å². The van der Waals surface area contributed by atoms with Crippen molar-refractivity contribution in [3.05, 3.63) is 20.8 Å². The van der Waals surface area contributed by atoms with Crippen LogP contribution in [0.5, 0.6) is 0 Å². The van der Waals surface area contributed by atoms with E-state index in [1.54, 1.807) is 0 Å². The third-order valence-electron chi connectivity index (χ3n) is 3.67. The molecule has 1 N–H and O–H groups in total. The van der Waals surface area contributed by atoms with Crippen molar-refractivity contribution in [1.29, 1.82) is 0 Å². The van der Waals surface area contributed by atoms with Crippen LogP contribution >= 0.6 is 27.3 Å². The number of thiophene rings is 1. The monoisotopic (exact) mass is 359 g/mol. The molecule has 1 rings (SSSR count). The maximum Gasteiger partial charge on any atom is 0.0415 e. The van der Waals surface area contributed by atoms with Crippen molar-refractivity contribution in [2.45, 2.75) is 77.7 Å². The quantitative estimate of drug-likeness (QED) is 0.409. The van der Waals surface area contributed by atoms with Gasteiger partial charge in [-0.2, -0.15) is 0 Å². The first-order chi connectivity index (χ1) is 9.77. The van der Waals surface area contributed by atoms with Crippen LogP contribution in [0.4, 0.5) is 0 Å².